The maximum atomic E-state index is 4.37. The summed E-state index contributed by atoms with van der Waals surface area (Å²) in [5.74, 6) is 2.00. The first-order chi connectivity index (χ1) is 10.0. The van der Waals surface area contributed by atoms with Crippen molar-refractivity contribution in [2.45, 2.75) is 87.1 Å². The molecule has 0 saturated carbocycles. The molecule has 0 bridgehead atoms. The van der Waals surface area contributed by atoms with Crippen LogP contribution in [0.4, 0.5) is 0 Å². The van der Waals surface area contributed by atoms with Crippen molar-refractivity contribution in [3.63, 3.8) is 0 Å². The Morgan fingerprint density at radius 2 is 1.68 bits per heavy atom. The van der Waals surface area contributed by atoms with Gasteiger partial charge in [0.25, 0.3) is 0 Å². The molecule has 0 N–H and O–H groups in total. The monoisotopic (exact) mass is 307 g/mol. The molecule has 0 aromatic heterocycles. The standard InChI is InChI=1S/C21H41N/c1-11-20(18(6)14-12-13-16(2)3)15-22(21(8,9)10)19(7)17(4)5/h13,17-18,20H,7,11-12,14-15H2,1-6,8-10H3. The number of hydrogen-bond acceptors (Lipinski definition) is 1. The molecule has 0 heterocycles. The van der Waals surface area contributed by atoms with Crippen molar-refractivity contribution >= 4 is 0 Å². The van der Waals surface area contributed by atoms with Crippen LogP contribution in [0.1, 0.15) is 81.6 Å². The molecular weight excluding hydrogens is 266 g/mol. The number of nitrogens with zero attached hydrogens (tertiary/aromatic N) is 1. The molecule has 0 aliphatic rings. The molecule has 0 saturated heterocycles. The van der Waals surface area contributed by atoms with E-state index in [-0.39, 0.29) is 5.54 Å². The van der Waals surface area contributed by atoms with Gasteiger partial charge < -0.3 is 4.90 Å². The summed E-state index contributed by atoms with van der Waals surface area (Å²) >= 11 is 0. The minimum atomic E-state index is 0.147. The predicted octanol–water partition coefficient (Wildman–Crippen LogP) is 6.67. The molecular formula is C21H41N. The fourth-order valence-corrected chi connectivity index (χ4v) is 2.95. The molecule has 130 valence electrons. The van der Waals surface area contributed by atoms with Crippen LogP contribution in [0.3, 0.4) is 0 Å². The summed E-state index contributed by atoms with van der Waals surface area (Å²) < 4.78 is 0. The number of rotatable bonds is 9. The lowest BCUT2D eigenvalue weighted by Gasteiger charge is -2.43. The van der Waals surface area contributed by atoms with Gasteiger partial charge in [-0.25, -0.2) is 0 Å². The summed E-state index contributed by atoms with van der Waals surface area (Å²) in [4.78, 5) is 2.54. The first-order valence-electron chi connectivity index (χ1n) is 9.10. The zero-order valence-corrected chi connectivity index (χ0v) is 16.8. The maximum Gasteiger partial charge on any atom is 0.0315 e. The third-order valence-corrected chi connectivity index (χ3v) is 4.74. The van der Waals surface area contributed by atoms with E-state index in [1.165, 1.54) is 30.5 Å². The first kappa shape index (κ1) is 21.3. The van der Waals surface area contributed by atoms with E-state index in [2.05, 4.69) is 79.9 Å². The molecule has 22 heavy (non-hydrogen) atoms. The first-order valence-corrected chi connectivity index (χ1v) is 9.10. The average Bonchev–Trinajstić information content (AvgIpc) is 2.36. The van der Waals surface area contributed by atoms with Gasteiger partial charge in [0.15, 0.2) is 0 Å². The lowest BCUT2D eigenvalue weighted by molar-refractivity contribution is 0.122. The van der Waals surface area contributed by atoms with Crippen LogP contribution in [0.2, 0.25) is 0 Å². The summed E-state index contributed by atoms with van der Waals surface area (Å²) in [5.41, 5.74) is 2.86. The fourth-order valence-electron chi connectivity index (χ4n) is 2.95. The van der Waals surface area contributed by atoms with Gasteiger partial charge in [0.05, 0.1) is 0 Å². The van der Waals surface area contributed by atoms with E-state index >= 15 is 0 Å². The Kier molecular flexibility index (Phi) is 9.12. The molecule has 0 spiro atoms. The lowest BCUT2D eigenvalue weighted by atomic mass is 9.85. The minimum Gasteiger partial charge on any atom is -0.370 e. The van der Waals surface area contributed by atoms with Crippen LogP contribution in [-0.4, -0.2) is 17.0 Å². The summed E-state index contributed by atoms with van der Waals surface area (Å²) in [5, 5.41) is 0. The molecule has 1 heteroatoms. The van der Waals surface area contributed by atoms with Crippen LogP contribution in [0.5, 0.6) is 0 Å². The summed E-state index contributed by atoms with van der Waals surface area (Å²) in [7, 11) is 0. The van der Waals surface area contributed by atoms with E-state index in [1.807, 2.05) is 0 Å². The maximum absolute atomic E-state index is 4.37. The Bertz CT molecular complexity index is 353. The van der Waals surface area contributed by atoms with Crippen molar-refractivity contribution in [2.24, 2.45) is 17.8 Å². The van der Waals surface area contributed by atoms with Crippen molar-refractivity contribution in [2.75, 3.05) is 6.54 Å². The highest BCUT2D eigenvalue weighted by molar-refractivity contribution is 5.03. The van der Waals surface area contributed by atoms with E-state index in [0.717, 1.165) is 18.4 Å². The highest BCUT2D eigenvalue weighted by atomic mass is 15.2. The van der Waals surface area contributed by atoms with Crippen molar-refractivity contribution in [3.8, 4) is 0 Å². The normalized spacial score (nSPS) is 14.6. The molecule has 0 rings (SSSR count). The largest absolute Gasteiger partial charge is 0.370 e. The molecule has 0 aromatic rings. The molecule has 0 aliphatic carbocycles. The molecule has 0 aliphatic heterocycles. The topological polar surface area (TPSA) is 3.24 Å². The average molecular weight is 308 g/mol. The molecule has 0 amide bonds. The van der Waals surface area contributed by atoms with Gasteiger partial charge in [-0.2, -0.15) is 0 Å². The molecule has 2 unspecified atom stereocenters. The second-order valence-corrected chi connectivity index (χ2v) is 8.43. The highest BCUT2D eigenvalue weighted by Crippen LogP contribution is 2.29. The van der Waals surface area contributed by atoms with Gasteiger partial charge in [-0.1, -0.05) is 52.3 Å². The Morgan fingerprint density at radius 1 is 1.14 bits per heavy atom. The van der Waals surface area contributed by atoms with Crippen LogP contribution in [0, 0.1) is 17.8 Å². The van der Waals surface area contributed by atoms with Crippen LogP contribution in [0.25, 0.3) is 0 Å². The van der Waals surface area contributed by atoms with Gasteiger partial charge >= 0.3 is 0 Å². The zero-order valence-electron chi connectivity index (χ0n) is 16.8. The SMILES string of the molecule is C=C(C(C)C)N(CC(CC)C(C)CCC=C(C)C)C(C)(C)C. The van der Waals surface area contributed by atoms with E-state index in [9.17, 15) is 0 Å². The lowest BCUT2D eigenvalue weighted by Crippen LogP contribution is -2.45. The Hall–Kier alpha value is -0.720. The van der Waals surface area contributed by atoms with Gasteiger partial charge in [-0.15, -0.1) is 0 Å². The number of hydrogen-bond donors (Lipinski definition) is 0. The Balaban J connectivity index is 4.91. The van der Waals surface area contributed by atoms with E-state index in [1.54, 1.807) is 0 Å². The Morgan fingerprint density at radius 3 is 2.05 bits per heavy atom. The van der Waals surface area contributed by atoms with Crippen molar-refractivity contribution < 1.29 is 0 Å². The summed E-state index contributed by atoms with van der Waals surface area (Å²) in [6.07, 6.45) is 6.11. The van der Waals surface area contributed by atoms with E-state index in [0.29, 0.717) is 5.92 Å². The zero-order chi connectivity index (χ0) is 17.5. The predicted molar refractivity (Wildman–Crippen MR) is 102 cm³/mol. The van der Waals surface area contributed by atoms with Gasteiger partial charge in [0, 0.05) is 17.8 Å². The van der Waals surface area contributed by atoms with Gasteiger partial charge in [0.2, 0.25) is 0 Å². The quantitative estimate of drug-likeness (QED) is 0.430. The van der Waals surface area contributed by atoms with E-state index in [4.69, 9.17) is 0 Å². The molecule has 0 fully saturated rings. The molecule has 0 radical (unpaired) electrons. The second kappa shape index (κ2) is 9.43. The molecule has 1 nitrogen and oxygen atoms in total. The molecule has 0 aromatic carbocycles. The van der Waals surface area contributed by atoms with Crippen LogP contribution in [-0.2, 0) is 0 Å². The summed E-state index contributed by atoms with van der Waals surface area (Å²) in [6, 6.07) is 0. The van der Waals surface area contributed by atoms with Crippen molar-refractivity contribution in [1.29, 1.82) is 0 Å². The van der Waals surface area contributed by atoms with Gasteiger partial charge in [0.1, 0.15) is 0 Å². The third-order valence-electron chi connectivity index (χ3n) is 4.74. The fraction of sp³-hybridized carbons (Fsp3) is 0.810. The van der Waals surface area contributed by atoms with Crippen molar-refractivity contribution in [1.82, 2.24) is 4.90 Å². The minimum absolute atomic E-state index is 0.147. The van der Waals surface area contributed by atoms with Crippen LogP contribution >= 0.6 is 0 Å². The van der Waals surface area contributed by atoms with Gasteiger partial charge in [-0.05, 0) is 65.2 Å². The highest BCUT2D eigenvalue weighted by Gasteiger charge is 2.28. The van der Waals surface area contributed by atoms with Crippen LogP contribution < -0.4 is 0 Å². The summed E-state index contributed by atoms with van der Waals surface area (Å²) in [6.45, 7) is 26.1. The van der Waals surface area contributed by atoms with Gasteiger partial charge in [-0.3, -0.25) is 0 Å². The second-order valence-electron chi connectivity index (χ2n) is 8.43. The smallest absolute Gasteiger partial charge is 0.0315 e. The van der Waals surface area contributed by atoms with E-state index < -0.39 is 0 Å². The third kappa shape index (κ3) is 7.51. The Labute approximate surface area is 140 Å². The van der Waals surface area contributed by atoms with Crippen molar-refractivity contribution in [3.05, 3.63) is 23.9 Å². The number of allylic oxidation sites excluding steroid dienone is 3. The molecule has 2 atom stereocenters. The van der Waals surface area contributed by atoms with Crippen LogP contribution in [0.15, 0.2) is 23.9 Å².